The topological polar surface area (TPSA) is 108 Å². The number of hydrogen-bond acceptors (Lipinski definition) is 6. The summed E-state index contributed by atoms with van der Waals surface area (Å²) in [6, 6.07) is 12.4. The zero-order valence-corrected chi connectivity index (χ0v) is 25.7. The average molecular weight is 596 g/mol. The van der Waals surface area contributed by atoms with E-state index >= 15 is 0 Å². The van der Waals surface area contributed by atoms with Crippen LogP contribution in [0.1, 0.15) is 66.4 Å². The van der Waals surface area contributed by atoms with Crippen molar-refractivity contribution in [2.45, 2.75) is 70.6 Å². The van der Waals surface area contributed by atoms with Gasteiger partial charge in [-0.1, -0.05) is 62.4 Å². The largest absolute Gasteiger partial charge is 0.480 e. The van der Waals surface area contributed by atoms with Gasteiger partial charge in [0.05, 0.1) is 6.61 Å². The predicted molar refractivity (Wildman–Crippen MR) is 168 cm³/mol. The summed E-state index contributed by atoms with van der Waals surface area (Å²) in [4.78, 5) is 40.8. The Bertz CT molecular complexity index is 1210. The molecular weight excluding hydrogens is 550 g/mol. The third-order valence-corrected chi connectivity index (χ3v) is 9.31. The number of benzene rings is 2. The third-order valence-electron chi connectivity index (χ3n) is 8.37. The molecule has 1 heterocycles. The van der Waals surface area contributed by atoms with E-state index in [4.69, 9.17) is 4.74 Å². The van der Waals surface area contributed by atoms with E-state index in [1.807, 2.05) is 60.0 Å². The van der Waals surface area contributed by atoms with Crippen molar-refractivity contribution in [3.05, 3.63) is 59.2 Å². The van der Waals surface area contributed by atoms with E-state index < -0.39 is 24.0 Å². The summed E-state index contributed by atoms with van der Waals surface area (Å²) in [5.74, 6) is 1.02. The van der Waals surface area contributed by atoms with Gasteiger partial charge < -0.3 is 25.4 Å². The van der Waals surface area contributed by atoms with Gasteiger partial charge in [-0.3, -0.25) is 9.59 Å². The third kappa shape index (κ3) is 8.82. The van der Waals surface area contributed by atoms with Gasteiger partial charge in [0.1, 0.15) is 12.1 Å². The molecule has 1 saturated heterocycles. The maximum Gasteiger partial charge on any atom is 0.326 e. The Morgan fingerprint density at radius 3 is 2.48 bits per heavy atom. The number of nitrogens with one attached hydrogen (secondary N) is 2. The molecule has 0 spiro atoms. The lowest BCUT2D eigenvalue weighted by Gasteiger charge is -2.32. The van der Waals surface area contributed by atoms with Gasteiger partial charge in [0.2, 0.25) is 0 Å². The van der Waals surface area contributed by atoms with Crippen LogP contribution >= 0.6 is 11.8 Å². The number of aliphatic carboxylic acids is 1. The van der Waals surface area contributed by atoms with Crippen molar-refractivity contribution < 1.29 is 24.2 Å². The van der Waals surface area contributed by atoms with Crippen molar-refractivity contribution in [3.8, 4) is 11.1 Å². The second-order valence-electron chi connectivity index (χ2n) is 11.4. The Morgan fingerprint density at radius 1 is 1.05 bits per heavy atom. The first-order valence-corrected chi connectivity index (χ1v) is 16.4. The van der Waals surface area contributed by atoms with E-state index in [0.717, 1.165) is 60.5 Å². The number of amides is 2. The van der Waals surface area contributed by atoms with Crippen LogP contribution in [0.25, 0.3) is 11.1 Å². The van der Waals surface area contributed by atoms with Crippen LogP contribution in [-0.2, 0) is 20.9 Å². The zero-order valence-electron chi connectivity index (χ0n) is 24.9. The van der Waals surface area contributed by atoms with Gasteiger partial charge in [-0.25, -0.2) is 4.79 Å². The summed E-state index contributed by atoms with van der Waals surface area (Å²) < 4.78 is 6.42. The van der Waals surface area contributed by atoms with Crippen LogP contribution < -0.4 is 10.6 Å². The van der Waals surface area contributed by atoms with Crippen LogP contribution in [0.3, 0.4) is 0 Å². The second kappa shape index (κ2) is 16.1. The minimum atomic E-state index is -1.07. The number of thioether (sulfide) groups is 1. The Morgan fingerprint density at radius 2 is 1.79 bits per heavy atom. The normalized spacial score (nSPS) is 17.4. The van der Waals surface area contributed by atoms with Gasteiger partial charge in [0, 0.05) is 30.2 Å². The lowest BCUT2D eigenvalue weighted by Crippen LogP contribution is -2.45. The zero-order chi connectivity index (χ0) is 29.9. The molecule has 2 fully saturated rings. The highest BCUT2D eigenvalue weighted by atomic mass is 32.2. The molecule has 2 aromatic rings. The van der Waals surface area contributed by atoms with E-state index in [9.17, 15) is 19.5 Å². The van der Waals surface area contributed by atoms with E-state index in [1.165, 1.54) is 19.3 Å². The number of carboxylic acid groups (broad SMARTS) is 1. The summed E-state index contributed by atoms with van der Waals surface area (Å²) in [7, 11) is 1.75. The smallest absolute Gasteiger partial charge is 0.326 e. The number of carbonyl (C=O) groups excluding carboxylic acids is 2. The van der Waals surface area contributed by atoms with E-state index in [2.05, 4.69) is 10.6 Å². The molecule has 1 aliphatic carbocycles. The van der Waals surface area contributed by atoms with Crippen LogP contribution in [0.2, 0.25) is 0 Å². The van der Waals surface area contributed by atoms with Gasteiger partial charge in [-0.2, -0.15) is 11.8 Å². The average Bonchev–Trinajstić information content (AvgIpc) is 3.01. The molecule has 1 saturated carbocycles. The molecule has 2 amide bonds. The molecule has 2 unspecified atom stereocenters. The molecule has 0 aromatic heterocycles. The summed E-state index contributed by atoms with van der Waals surface area (Å²) in [6.45, 7) is 4.24. The fourth-order valence-electron chi connectivity index (χ4n) is 5.91. The van der Waals surface area contributed by atoms with Crippen LogP contribution in [0.15, 0.2) is 42.5 Å². The van der Waals surface area contributed by atoms with E-state index in [-0.39, 0.29) is 18.9 Å². The van der Waals surface area contributed by atoms with Crippen LogP contribution in [0.5, 0.6) is 0 Å². The standard InChI is InChI=1S/C33H45N3O5S/c1-23-8-6-7-11-26(23)28-20-25(12-13-27(28)31(37)35-29(33(39)40)14-15-34-2)22-41-30(21-24-9-4-3-5-10-24)32(38)36-16-18-42-19-17-36/h6-8,11-13,20,24,29-30,34H,3-5,9-10,14-19,21-22H2,1-2H3,(H,35,37)(H,39,40). The molecule has 8 nitrogen and oxygen atoms in total. The highest BCUT2D eigenvalue weighted by Crippen LogP contribution is 2.31. The monoisotopic (exact) mass is 595 g/mol. The van der Waals surface area contributed by atoms with Crippen molar-refractivity contribution in [1.82, 2.24) is 15.5 Å². The van der Waals surface area contributed by atoms with Crippen molar-refractivity contribution >= 4 is 29.5 Å². The lowest BCUT2D eigenvalue weighted by atomic mass is 9.85. The SMILES string of the molecule is CNCCC(NC(=O)c1ccc(COC(CC2CCCCC2)C(=O)N2CCSCC2)cc1-c1ccccc1C)C(=O)O. The van der Waals surface area contributed by atoms with Gasteiger partial charge >= 0.3 is 5.97 Å². The first kappa shape index (κ1) is 32.0. The fraction of sp³-hybridized carbons (Fsp3) is 0.545. The molecule has 0 bridgehead atoms. The molecule has 228 valence electrons. The highest BCUT2D eigenvalue weighted by molar-refractivity contribution is 7.99. The highest BCUT2D eigenvalue weighted by Gasteiger charge is 2.30. The Kier molecular flexibility index (Phi) is 12.3. The minimum Gasteiger partial charge on any atom is -0.480 e. The maximum atomic E-state index is 13.6. The Labute approximate surface area is 254 Å². The minimum absolute atomic E-state index is 0.0947. The number of ether oxygens (including phenoxy) is 1. The van der Waals surface area contributed by atoms with E-state index in [1.54, 1.807) is 13.1 Å². The number of aryl methyl sites for hydroxylation is 1. The van der Waals surface area contributed by atoms with Gasteiger partial charge in [-0.15, -0.1) is 0 Å². The quantitative estimate of drug-likeness (QED) is 0.303. The van der Waals surface area contributed by atoms with Crippen molar-refractivity contribution in [3.63, 3.8) is 0 Å². The summed E-state index contributed by atoms with van der Waals surface area (Å²) in [6.07, 6.45) is 6.53. The molecule has 4 rings (SSSR count). The molecule has 0 radical (unpaired) electrons. The Hall–Kier alpha value is -2.88. The van der Waals surface area contributed by atoms with Gasteiger partial charge in [0.25, 0.3) is 11.8 Å². The van der Waals surface area contributed by atoms with Gasteiger partial charge in [0.15, 0.2) is 0 Å². The molecule has 2 aliphatic rings. The van der Waals surface area contributed by atoms with Crippen LogP contribution in [-0.4, -0.2) is 78.1 Å². The number of nitrogens with zero attached hydrogens (tertiary/aromatic N) is 1. The second-order valence-corrected chi connectivity index (χ2v) is 12.7. The molecule has 2 atom stereocenters. The maximum absolute atomic E-state index is 13.6. The number of hydrogen-bond donors (Lipinski definition) is 3. The summed E-state index contributed by atoms with van der Waals surface area (Å²) in [5.41, 5.74) is 3.89. The summed E-state index contributed by atoms with van der Waals surface area (Å²) >= 11 is 1.88. The number of carboxylic acids is 1. The molecule has 3 N–H and O–H groups in total. The number of rotatable bonds is 13. The van der Waals surface area contributed by atoms with Crippen LogP contribution in [0.4, 0.5) is 0 Å². The van der Waals surface area contributed by atoms with Crippen molar-refractivity contribution in [2.75, 3.05) is 38.2 Å². The molecule has 2 aromatic carbocycles. The molecule has 9 heteroatoms. The summed E-state index contributed by atoms with van der Waals surface area (Å²) in [5, 5.41) is 15.3. The van der Waals surface area contributed by atoms with Gasteiger partial charge in [-0.05, 0) is 73.7 Å². The molecular formula is C33H45N3O5S. The molecule has 1 aliphatic heterocycles. The van der Waals surface area contributed by atoms with Crippen molar-refractivity contribution in [2.24, 2.45) is 5.92 Å². The van der Waals surface area contributed by atoms with Crippen LogP contribution in [0, 0.1) is 12.8 Å². The van der Waals surface area contributed by atoms with Crippen molar-refractivity contribution in [1.29, 1.82) is 0 Å². The number of carbonyl (C=O) groups is 3. The fourth-order valence-corrected chi connectivity index (χ4v) is 6.81. The first-order valence-electron chi connectivity index (χ1n) is 15.2. The predicted octanol–water partition coefficient (Wildman–Crippen LogP) is 4.89. The first-order chi connectivity index (χ1) is 20.4. The molecule has 42 heavy (non-hydrogen) atoms. The Balaban J connectivity index is 1.57. The lowest BCUT2D eigenvalue weighted by molar-refractivity contribution is -0.145. The van der Waals surface area contributed by atoms with E-state index in [0.29, 0.717) is 23.6 Å².